The molecule has 0 amide bonds. The van der Waals surface area contributed by atoms with Crippen molar-refractivity contribution in [3.63, 3.8) is 0 Å². The Morgan fingerprint density at radius 3 is 2.56 bits per heavy atom. The van der Waals surface area contributed by atoms with Gasteiger partial charge in [0.05, 0.1) is 6.10 Å². The van der Waals surface area contributed by atoms with E-state index in [1.165, 1.54) is 31.2 Å². The SMILES string of the molecule is Cl.O[C@@H]1CCCCC[C@@H]1CNCc1ccccc1. The van der Waals surface area contributed by atoms with Gasteiger partial charge in [0.1, 0.15) is 0 Å². The number of rotatable bonds is 4. The molecule has 0 bridgehead atoms. The van der Waals surface area contributed by atoms with Crippen LogP contribution in [0.1, 0.15) is 37.7 Å². The van der Waals surface area contributed by atoms with Crippen molar-refractivity contribution in [1.82, 2.24) is 5.32 Å². The van der Waals surface area contributed by atoms with Crippen LogP contribution in [0.25, 0.3) is 0 Å². The van der Waals surface area contributed by atoms with E-state index < -0.39 is 0 Å². The summed E-state index contributed by atoms with van der Waals surface area (Å²) in [7, 11) is 0. The topological polar surface area (TPSA) is 32.3 Å². The number of nitrogens with one attached hydrogen (secondary N) is 1. The molecule has 0 saturated heterocycles. The van der Waals surface area contributed by atoms with E-state index in [1.807, 2.05) is 6.07 Å². The first-order valence-corrected chi connectivity index (χ1v) is 6.79. The normalized spacial score (nSPS) is 24.1. The van der Waals surface area contributed by atoms with Gasteiger partial charge in [-0.2, -0.15) is 0 Å². The maximum atomic E-state index is 10.0. The molecule has 0 spiro atoms. The van der Waals surface area contributed by atoms with Crippen LogP contribution in [-0.2, 0) is 6.54 Å². The molecular weight excluding hydrogens is 246 g/mol. The van der Waals surface area contributed by atoms with Crippen LogP contribution in [-0.4, -0.2) is 17.8 Å². The molecule has 3 heteroatoms. The van der Waals surface area contributed by atoms with Gasteiger partial charge in [0.15, 0.2) is 0 Å². The van der Waals surface area contributed by atoms with Crippen LogP contribution in [0.4, 0.5) is 0 Å². The predicted octanol–water partition coefficient (Wildman–Crippen LogP) is 3.14. The standard InChI is InChI=1S/C15H23NO.ClH/c17-15-10-6-2-5-9-14(15)12-16-11-13-7-3-1-4-8-13;/h1,3-4,7-8,14-17H,2,5-6,9-12H2;1H/t14-,15-;/m1./s1. The summed E-state index contributed by atoms with van der Waals surface area (Å²) in [6.45, 7) is 1.85. The minimum Gasteiger partial charge on any atom is -0.393 e. The number of halogens is 1. The van der Waals surface area contributed by atoms with Gasteiger partial charge in [0.2, 0.25) is 0 Å². The summed E-state index contributed by atoms with van der Waals surface area (Å²) in [6.07, 6.45) is 5.80. The van der Waals surface area contributed by atoms with Crippen LogP contribution in [0.3, 0.4) is 0 Å². The summed E-state index contributed by atoms with van der Waals surface area (Å²) < 4.78 is 0. The smallest absolute Gasteiger partial charge is 0.0580 e. The predicted molar refractivity (Wildman–Crippen MR) is 78.0 cm³/mol. The zero-order chi connectivity index (χ0) is 11.9. The number of hydrogen-bond acceptors (Lipinski definition) is 2. The molecule has 2 N–H and O–H groups in total. The van der Waals surface area contributed by atoms with Gasteiger partial charge < -0.3 is 10.4 Å². The van der Waals surface area contributed by atoms with Crippen LogP contribution in [0.5, 0.6) is 0 Å². The third-order valence-corrected chi connectivity index (χ3v) is 3.70. The molecule has 1 saturated carbocycles. The Labute approximate surface area is 116 Å². The number of aliphatic hydroxyl groups excluding tert-OH is 1. The lowest BCUT2D eigenvalue weighted by Crippen LogP contribution is -2.30. The molecule has 1 aliphatic rings. The number of hydrogen-bond donors (Lipinski definition) is 2. The van der Waals surface area contributed by atoms with Crippen molar-refractivity contribution in [2.45, 2.75) is 44.8 Å². The van der Waals surface area contributed by atoms with Gasteiger partial charge in [-0.05, 0) is 24.3 Å². The van der Waals surface area contributed by atoms with Gasteiger partial charge >= 0.3 is 0 Å². The Morgan fingerprint density at radius 1 is 1.06 bits per heavy atom. The van der Waals surface area contributed by atoms with Crippen LogP contribution in [0, 0.1) is 5.92 Å². The zero-order valence-corrected chi connectivity index (χ0v) is 11.7. The van der Waals surface area contributed by atoms with Gasteiger partial charge in [-0.25, -0.2) is 0 Å². The molecule has 2 nitrogen and oxygen atoms in total. The summed E-state index contributed by atoms with van der Waals surface area (Å²) in [5, 5.41) is 13.5. The van der Waals surface area contributed by atoms with Gasteiger partial charge in [-0.3, -0.25) is 0 Å². The molecule has 0 heterocycles. The Balaban J connectivity index is 0.00000162. The van der Waals surface area contributed by atoms with E-state index in [9.17, 15) is 5.11 Å². The first-order chi connectivity index (χ1) is 8.36. The molecule has 1 fully saturated rings. The van der Waals surface area contributed by atoms with Crippen molar-refractivity contribution in [3.05, 3.63) is 35.9 Å². The fourth-order valence-electron chi connectivity index (χ4n) is 2.60. The Morgan fingerprint density at radius 2 is 1.78 bits per heavy atom. The maximum absolute atomic E-state index is 10.0. The van der Waals surface area contributed by atoms with E-state index in [0.29, 0.717) is 5.92 Å². The fourth-order valence-corrected chi connectivity index (χ4v) is 2.60. The molecule has 102 valence electrons. The molecule has 2 rings (SSSR count). The molecule has 0 aliphatic heterocycles. The summed E-state index contributed by atoms with van der Waals surface area (Å²) in [5.41, 5.74) is 1.32. The summed E-state index contributed by atoms with van der Waals surface area (Å²) in [4.78, 5) is 0. The van der Waals surface area contributed by atoms with Crippen molar-refractivity contribution >= 4 is 12.4 Å². The first kappa shape index (κ1) is 15.5. The maximum Gasteiger partial charge on any atom is 0.0580 e. The van der Waals surface area contributed by atoms with Gasteiger partial charge in [0.25, 0.3) is 0 Å². The second-order valence-electron chi connectivity index (χ2n) is 5.08. The molecule has 18 heavy (non-hydrogen) atoms. The molecule has 2 atom stereocenters. The summed E-state index contributed by atoms with van der Waals surface area (Å²) >= 11 is 0. The first-order valence-electron chi connectivity index (χ1n) is 6.79. The third kappa shape index (κ3) is 4.97. The van der Waals surface area contributed by atoms with E-state index in [1.54, 1.807) is 0 Å². The Kier molecular flexibility index (Phi) is 7.33. The van der Waals surface area contributed by atoms with Crippen LogP contribution >= 0.6 is 12.4 Å². The van der Waals surface area contributed by atoms with Gasteiger partial charge in [-0.15, -0.1) is 12.4 Å². The second-order valence-corrected chi connectivity index (χ2v) is 5.08. The van der Waals surface area contributed by atoms with Crippen molar-refractivity contribution < 1.29 is 5.11 Å². The quantitative estimate of drug-likeness (QED) is 0.823. The van der Waals surface area contributed by atoms with Crippen LogP contribution in [0.15, 0.2) is 30.3 Å². The van der Waals surface area contributed by atoms with E-state index >= 15 is 0 Å². The molecule has 1 aromatic rings. The highest BCUT2D eigenvalue weighted by Crippen LogP contribution is 2.22. The van der Waals surface area contributed by atoms with E-state index in [0.717, 1.165) is 19.5 Å². The second kappa shape index (κ2) is 8.52. The highest BCUT2D eigenvalue weighted by Gasteiger charge is 2.20. The summed E-state index contributed by atoms with van der Waals surface area (Å²) in [5.74, 6) is 0.446. The van der Waals surface area contributed by atoms with Crippen LogP contribution in [0.2, 0.25) is 0 Å². The van der Waals surface area contributed by atoms with Crippen LogP contribution < -0.4 is 5.32 Å². The summed E-state index contributed by atoms with van der Waals surface area (Å²) in [6, 6.07) is 10.4. The monoisotopic (exact) mass is 269 g/mol. The van der Waals surface area contributed by atoms with E-state index in [4.69, 9.17) is 0 Å². The van der Waals surface area contributed by atoms with E-state index in [2.05, 4.69) is 29.6 Å². The Hall–Kier alpha value is -0.570. The lowest BCUT2D eigenvalue weighted by Gasteiger charge is -2.20. The molecular formula is C15H24ClNO. The van der Waals surface area contributed by atoms with Crippen molar-refractivity contribution in [3.8, 4) is 0 Å². The van der Waals surface area contributed by atoms with Gasteiger partial charge in [-0.1, -0.05) is 49.6 Å². The van der Waals surface area contributed by atoms with Crippen molar-refractivity contribution in [2.24, 2.45) is 5.92 Å². The van der Waals surface area contributed by atoms with Crippen molar-refractivity contribution in [2.75, 3.05) is 6.54 Å². The van der Waals surface area contributed by atoms with Crippen molar-refractivity contribution in [1.29, 1.82) is 0 Å². The molecule has 1 aromatic carbocycles. The molecule has 0 radical (unpaired) electrons. The lowest BCUT2D eigenvalue weighted by atomic mass is 9.97. The Bertz CT molecular complexity index is 318. The zero-order valence-electron chi connectivity index (χ0n) is 10.8. The highest BCUT2D eigenvalue weighted by molar-refractivity contribution is 5.85. The fraction of sp³-hybridized carbons (Fsp3) is 0.600. The molecule has 1 aliphatic carbocycles. The lowest BCUT2D eigenvalue weighted by molar-refractivity contribution is 0.0997. The molecule has 0 unspecified atom stereocenters. The largest absolute Gasteiger partial charge is 0.393 e. The number of aliphatic hydroxyl groups is 1. The minimum absolute atomic E-state index is 0. The van der Waals surface area contributed by atoms with E-state index in [-0.39, 0.29) is 18.5 Å². The third-order valence-electron chi connectivity index (χ3n) is 3.70. The minimum atomic E-state index is -0.0965. The number of benzene rings is 1. The van der Waals surface area contributed by atoms with Gasteiger partial charge in [0, 0.05) is 13.1 Å². The average molecular weight is 270 g/mol. The highest BCUT2D eigenvalue weighted by atomic mass is 35.5. The average Bonchev–Trinajstić information content (AvgIpc) is 2.56. The molecule has 0 aromatic heterocycles.